The molecule has 0 spiro atoms. The van der Waals surface area contributed by atoms with Crippen molar-refractivity contribution in [1.29, 1.82) is 0 Å². The maximum atomic E-state index is 13.0. The van der Waals surface area contributed by atoms with Crippen molar-refractivity contribution in [3.8, 4) is 10.6 Å². The summed E-state index contributed by atoms with van der Waals surface area (Å²) in [4.78, 5) is 13.6. The second-order valence-corrected chi connectivity index (χ2v) is 6.14. The van der Waals surface area contributed by atoms with Crippen LogP contribution in [0.15, 0.2) is 65.0 Å². The standard InChI is InChI=1S/C17H12FN3OS/c18-13-5-3-12(4-6-13)11-20-7-8-21-15(17(20)22)10-14(19-21)16-2-1-9-23-16/h1-10H,11H2. The minimum Gasteiger partial charge on any atom is -0.308 e. The molecule has 0 unspecified atom stereocenters. The Morgan fingerprint density at radius 1 is 1.13 bits per heavy atom. The van der Waals surface area contributed by atoms with Gasteiger partial charge in [-0.25, -0.2) is 8.91 Å². The largest absolute Gasteiger partial charge is 0.308 e. The molecule has 0 radical (unpaired) electrons. The normalized spacial score (nSPS) is 11.2. The summed E-state index contributed by atoms with van der Waals surface area (Å²) in [7, 11) is 0. The Morgan fingerprint density at radius 3 is 2.70 bits per heavy atom. The first kappa shape index (κ1) is 13.9. The lowest BCUT2D eigenvalue weighted by atomic mass is 10.2. The molecular formula is C17H12FN3OS. The van der Waals surface area contributed by atoms with Crippen LogP contribution in [0.5, 0.6) is 0 Å². The molecule has 114 valence electrons. The highest BCUT2D eigenvalue weighted by Crippen LogP contribution is 2.23. The zero-order valence-corrected chi connectivity index (χ0v) is 12.8. The monoisotopic (exact) mass is 325 g/mol. The van der Waals surface area contributed by atoms with Gasteiger partial charge in [-0.1, -0.05) is 18.2 Å². The molecule has 0 N–H and O–H groups in total. The van der Waals surface area contributed by atoms with Crippen molar-refractivity contribution < 1.29 is 4.39 Å². The fourth-order valence-electron chi connectivity index (χ4n) is 2.48. The molecule has 6 heteroatoms. The first-order valence-corrected chi connectivity index (χ1v) is 7.96. The van der Waals surface area contributed by atoms with Gasteiger partial charge in [-0.2, -0.15) is 5.10 Å². The lowest BCUT2D eigenvalue weighted by Crippen LogP contribution is -2.21. The third-order valence-corrected chi connectivity index (χ3v) is 4.54. The minimum absolute atomic E-state index is 0.118. The second kappa shape index (κ2) is 5.48. The summed E-state index contributed by atoms with van der Waals surface area (Å²) in [5, 5.41) is 6.42. The highest BCUT2D eigenvalue weighted by Gasteiger charge is 2.10. The molecule has 4 rings (SSSR count). The maximum absolute atomic E-state index is 13.0. The SMILES string of the molecule is O=c1c2cc(-c3cccs3)nn2ccn1Cc1ccc(F)cc1. The second-order valence-electron chi connectivity index (χ2n) is 5.19. The molecule has 23 heavy (non-hydrogen) atoms. The van der Waals surface area contributed by atoms with Crippen LogP contribution in [-0.2, 0) is 6.54 Å². The number of fused-ring (bicyclic) bond motifs is 1. The molecule has 0 amide bonds. The topological polar surface area (TPSA) is 39.3 Å². The van der Waals surface area contributed by atoms with Crippen molar-refractivity contribution in [2.24, 2.45) is 0 Å². The van der Waals surface area contributed by atoms with Gasteiger partial charge in [-0.15, -0.1) is 11.3 Å². The van der Waals surface area contributed by atoms with E-state index in [-0.39, 0.29) is 11.4 Å². The molecule has 3 heterocycles. The molecule has 0 saturated heterocycles. The van der Waals surface area contributed by atoms with Gasteiger partial charge in [-0.05, 0) is 35.2 Å². The Morgan fingerprint density at radius 2 is 1.96 bits per heavy atom. The van der Waals surface area contributed by atoms with E-state index >= 15 is 0 Å². The van der Waals surface area contributed by atoms with Crippen molar-refractivity contribution in [3.63, 3.8) is 0 Å². The molecule has 0 aliphatic carbocycles. The minimum atomic E-state index is -0.284. The highest BCUT2D eigenvalue weighted by molar-refractivity contribution is 7.13. The van der Waals surface area contributed by atoms with E-state index in [1.54, 1.807) is 51.0 Å². The number of aromatic nitrogens is 3. The van der Waals surface area contributed by atoms with E-state index in [0.29, 0.717) is 12.1 Å². The van der Waals surface area contributed by atoms with Crippen molar-refractivity contribution in [2.75, 3.05) is 0 Å². The summed E-state index contributed by atoms with van der Waals surface area (Å²) < 4.78 is 16.2. The average molecular weight is 325 g/mol. The van der Waals surface area contributed by atoms with E-state index in [4.69, 9.17) is 0 Å². The average Bonchev–Trinajstić information content (AvgIpc) is 3.21. The fourth-order valence-corrected chi connectivity index (χ4v) is 3.16. The lowest BCUT2D eigenvalue weighted by molar-refractivity contribution is 0.626. The van der Waals surface area contributed by atoms with Crippen molar-refractivity contribution in [2.45, 2.75) is 6.54 Å². The molecular weight excluding hydrogens is 313 g/mol. The van der Waals surface area contributed by atoms with Crippen LogP contribution in [0.1, 0.15) is 5.56 Å². The van der Waals surface area contributed by atoms with Gasteiger partial charge >= 0.3 is 0 Å². The van der Waals surface area contributed by atoms with Crippen LogP contribution in [-0.4, -0.2) is 14.2 Å². The van der Waals surface area contributed by atoms with E-state index in [1.807, 2.05) is 17.5 Å². The predicted molar refractivity (Wildman–Crippen MR) is 88.3 cm³/mol. The molecule has 0 fully saturated rings. The Labute approximate surface area is 135 Å². The van der Waals surface area contributed by atoms with E-state index in [2.05, 4.69) is 5.10 Å². The van der Waals surface area contributed by atoms with Gasteiger partial charge < -0.3 is 4.57 Å². The van der Waals surface area contributed by atoms with E-state index < -0.39 is 0 Å². The van der Waals surface area contributed by atoms with Gasteiger partial charge in [0.2, 0.25) is 0 Å². The summed E-state index contributed by atoms with van der Waals surface area (Å²) in [6, 6.07) is 11.9. The van der Waals surface area contributed by atoms with Gasteiger partial charge in [-0.3, -0.25) is 4.79 Å². The first-order valence-electron chi connectivity index (χ1n) is 7.08. The van der Waals surface area contributed by atoms with Crippen LogP contribution in [0.4, 0.5) is 4.39 Å². The van der Waals surface area contributed by atoms with Crippen molar-refractivity contribution in [1.82, 2.24) is 14.2 Å². The van der Waals surface area contributed by atoms with Crippen molar-refractivity contribution in [3.05, 3.63) is 82.0 Å². The third-order valence-electron chi connectivity index (χ3n) is 3.64. The maximum Gasteiger partial charge on any atom is 0.276 e. The highest BCUT2D eigenvalue weighted by atomic mass is 32.1. The molecule has 0 atom stereocenters. The summed E-state index contributed by atoms with van der Waals surface area (Å²) in [6.45, 7) is 0.398. The smallest absolute Gasteiger partial charge is 0.276 e. The number of hydrogen-bond acceptors (Lipinski definition) is 3. The molecule has 0 aliphatic heterocycles. The molecule has 4 nitrogen and oxygen atoms in total. The Bertz CT molecular complexity index is 1020. The van der Waals surface area contributed by atoms with Gasteiger partial charge in [0.15, 0.2) is 0 Å². The molecule has 0 saturated carbocycles. The quantitative estimate of drug-likeness (QED) is 0.579. The molecule has 1 aromatic carbocycles. The first-order chi connectivity index (χ1) is 11.2. The molecule has 0 bridgehead atoms. The number of benzene rings is 1. The summed E-state index contributed by atoms with van der Waals surface area (Å²) in [5.74, 6) is -0.284. The number of hydrogen-bond donors (Lipinski definition) is 0. The predicted octanol–water partition coefficient (Wildman–Crippen LogP) is 3.41. The zero-order valence-electron chi connectivity index (χ0n) is 12.0. The molecule has 3 aromatic heterocycles. The number of thiophene rings is 1. The number of nitrogens with zero attached hydrogens (tertiary/aromatic N) is 3. The van der Waals surface area contributed by atoms with Crippen LogP contribution < -0.4 is 5.56 Å². The van der Waals surface area contributed by atoms with Gasteiger partial charge in [0, 0.05) is 12.4 Å². The number of halogens is 1. The van der Waals surface area contributed by atoms with Gasteiger partial charge in [0.1, 0.15) is 17.0 Å². The van der Waals surface area contributed by atoms with Crippen LogP contribution >= 0.6 is 11.3 Å². The van der Waals surface area contributed by atoms with Crippen molar-refractivity contribution >= 4 is 16.9 Å². The Kier molecular flexibility index (Phi) is 3.31. The van der Waals surface area contributed by atoms with Crippen LogP contribution in [0.3, 0.4) is 0 Å². The van der Waals surface area contributed by atoms with E-state index in [1.165, 1.54) is 12.1 Å². The van der Waals surface area contributed by atoms with Crippen LogP contribution in [0.2, 0.25) is 0 Å². The Hall–Kier alpha value is -2.73. The summed E-state index contributed by atoms with van der Waals surface area (Å²) >= 11 is 1.59. The Balaban J connectivity index is 1.75. The van der Waals surface area contributed by atoms with E-state index in [0.717, 1.165) is 16.1 Å². The molecule has 0 aliphatic rings. The van der Waals surface area contributed by atoms with Crippen LogP contribution in [0, 0.1) is 5.82 Å². The summed E-state index contributed by atoms with van der Waals surface area (Å²) in [5.41, 5.74) is 2.07. The third kappa shape index (κ3) is 2.57. The van der Waals surface area contributed by atoms with E-state index in [9.17, 15) is 9.18 Å². The molecule has 4 aromatic rings. The van der Waals surface area contributed by atoms with Gasteiger partial charge in [0.25, 0.3) is 5.56 Å². The number of rotatable bonds is 3. The van der Waals surface area contributed by atoms with Gasteiger partial charge in [0.05, 0.1) is 11.4 Å². The zero-order chi connectivity index (χ0) is 15.8. The lowest BCUT2D eigenvalue weighted by Gasteiger charge is -2.06. The summed E-state index contributed by atoms with van der Waals surface area (Å²) in [6.07, 6.45) is 3.46. The van der Waals surface area contributed by atoms with Crippen LogP contribution in [0.25, 0.3) is 16.1 Å². The fraction of sp³-hybridized carbons (Fsp3) is 0.0588.